The highest BCUT2D eigenvalue weighted by Crippen LogP contribution is 2.36. The van der Waals surface area contributed by atoms with Gasteiger partial charge in [-0.05, 0) is 48.7 Å². The number of nitrogens with zero attached hydrogens (tertiary/aromatic N) is 1. The fraction of sp³-hybridized carbons (Fsp3) is 0.280. The first kappa shape index (κ1) is 21.4. The van der Waals surface area contributed by atoms with Gasteiger partial charge in [-0.25, -0.2) is 0 Å². The van der Waals surface area contributed by atoms with Crippen molar-refractivity contribution in [3.8, 4) is 5.75 Å². The van der Waals surface area contributed by atoms with Gasteiger partial charge in [-0.2, -0.15) is 0 Å². The molecule has 0 aliphatic heterocycles. The minimum Gasteiger partial charge on any atom is -0.497 e. The summed E-state index contributed by atoms with van der Waals surface area (Å²) in [4.78, 5) is 12.3. The van der Waals surface area contributed by atoms with Gasteiger partial charge in [-0.1, -0.05) is 67.1 Å². The van der Waals surface area contributed by atoms with Crippen LogP contribution in [0.1, 0.15) is 42.0 Å². The molecule has 156 valence electrons. The van der Waals surface area contributed by atoms with E-state index < -0.39 is 12.1 Å². The van der Waals surface area contributed by atoms with Crippen LogP contribution in [0.25, 0.3) is 0 Å². The largest absolute Gasteiger partial charge is 0.497 e. The predicted octanol–water partition coefficient (Wildman–Crippen LogP) is 6.00. The third-order valence-electron chi connectivity index (χ3n) is 5.51. The van der Waals surface area contributed by atoms with E-state index in [0.717, 1.165) is 28.1 Å². The van der Waals surface area contributed by atoms with Crippen LogP contribution in [0, 0.1) is 17.0 Å². The van der Waals surface area contributed by atoms with Crippen molar-refractivity contribution in [2.24, 2.45) is 0 Å². The van der Waals surface area contributed by atoms with Gasteiger partial charge in [-0.3, -0.25) is 10.1 Å². The zero-order chi connectivity index (χ0) is 21.5. The molecule has 0 spiro atoms. The van der Waals surface area contributed by atoms with Crippen molar-refractivity contribution < 1.29 is 9.66 Å². The Labute approximate surface area is 177 Å². The summed E-state index contributed by atoms with van der Waals surface area (Å²) in [6.45, 7) is 4.02. The number of nitrogens with one attached hydrogen (secondary N) is 1. The van der Waals surface area contributed by atoms with Gasteiger partial charge in [0.2, 0.25) is 6.04 Å². The summed E-state index contributed by atoms with van der Waals surface area (Å²) < 4.78 is 5.24. The maximum Gasteiger partial charge on any atom is 0.243 e. The van der Waals surface area contributed by atoms with Gasteiger partial charge < -0.3 is 10.1 Å². The van der Waals surface area contributed by atoms with Gasteiger partial charge in [-0.15, -0.1) is 0 Å². The molecule has 0 radical (unpaired) electrons. The fourth-order valence-corrected chi connectivity index (χ4v) is 3.88. The number of anilines is 1. The second-order valence-electron chi connectivity index (χ2n) is 7.46. The lowest BCUT2D eigenvalue weighted by atomic mass is 9.82. The Balaban J connectivity index is 2.04. The van der Waals surface area contributed by atoms with E-state index >= 15 is 0 Å². The lowest BCUT2D eigenvalue weighted by molar-refractivity contribution is -0.530. The van der Waals surface area contributed by atoms with E-state index in [1.54, 1.807) is 7.11 Å². The number of hydrogen-bond acceptors (Lipinski definition) is 4. The van der Waals surface area contributed by atoms with Gasteiger partial charge >= 0.3 is 0 Å². The minimum atomic E-state index is -0.831. The minimum absolute atomic E-state index is 0.137. The van der Waals surface area contributed by atoms with Crippen LogP contribution in [0.15, 0.2) is 78.9 Å². The highest BCUT2D eigenvalue weighted by Gasteiger charge is 2.40. The Bertz CT molecular complexity index is 940. The topological polar surface area (TPSA) is 64.4 Å². The van der Waals surface area contributed by atoms with Crippen LogP contribution in [-0.2, 0) is 0 Å². The molecular formula is C25H28N2O3. The third-order valence-corrected chi connectivity index (χ3v) is 5.51. The zero-order valence-electron chi connectivity index (χ0n) is 17.6. The molecule has 0 unspecified atom stereocenters. The van der Waals surface area contributed by atoms with E-state index in [0.29, 0.717) is 6.42 Å². The van der Waals surface area contributed by atoms with Crippen LogP contribution in [0.4, 0.5) is 5.69 Å². The summed E-state index contributed by atoms with van der Waals surface area (Å²) in [6.07, 6.45) is 0.669. The molecule has 0 aliphatic carbocycles. The molecule has 5 nitrogen and oxygen atoms in total. The summed E-state index contributed by atoms with van der Waals surface area (Å²) in [6, 6.07) is 23.9. The molecule has 3 rings (SSSR count). The molecule has 5 heteroatoms. The molecule has 3 aromatic rings. The molecule has 0 saturated heterocycles. The Hall–Kier alpha value is -3.34. The standard InChI is InChI=1S/C25H28N2O3/c1-4-23(19-8-6-5-7-9-19)25(27(28)29)24(20-12-10-18(2)11-13-20)26-21-14-16-22(30-3)17-15-21/h5-17,23-26H,4H2,1-3H3/t23-,24+,25+/m1/s1. The summed E-state index contributed by atoms with van der Waals surface area (Å²) in [5.41, 5.74) is 3.81. The van der Waals surface area contributed by atoms with Gasteiger partial charge in [0.25, 0.3) is 0 Å². The van der Waals surface area contributed by atoms with E-state index in [2.05, 4.69) is 5.32 Å². The summed E-state index contributed by atoms with van der Waals surface area (Å²) >= 11 is 0. The first-order valence-corrected chi connectivity index (χ1v) is 10.2. The average molecular weight is 405 g/mol. The van der Waals surface area contributed by atoms with Crippen molar-refractivity contribution in [2.75, 3.05) is 12.4 Å². The maximum absolute atomic E-state index is 12.4. The predicted molar refractivity (Wildman–Crippen MR) is 121 cm³/mol. The Morgan fingerprint density at radius 1 is 0.933 bits per heavy atom. The number of aryl methyl sites for hydroxylation is 1. The fourth-order valence-electron chi connectivity index (χ4n) is 3.88. The van der Waals surface area contributed by atoms with E-state index in [-0.39, 0.29) is 10.8 Å². The molecule has 0 aromatic heterocycles. The van der Waals surface area contributed by atoms with Crippen LogP contribution in [0.2, 0.25) is 0 Å². The van der Waals surface area contributed by atoms with Crippen LogP contribution in [0.3, 0.4) is 0 Å². The number of rotatable bonds is 9. The van der Waals surface area contributed by atoms with Crippen molar-refractivity contribution in [3.63, 3.8) is 0 Å². The lowest BCUT2D eigenvalue weighted by Crippen LogP contribution is -2.37. The van der Waals surface area contributed by atoms with E-state index in [4.69, 9.17) is 4.74 Å². The summed E-state index contributed by atoms with van der Waals surface area (Å²) in [5, 5.41) is 15.8. The van der Waals surface area contributed by atoms with Crippen LogP contribution < -0.4 is 10.1 Å². The van der Waals surface area contributed by atoms with Crippen molar-refractivity contribution in [2.45, 2.75) is 38.3 Å². The zero-order valence-corrected chi connectivity index (χ0v) is 17.6. The van der Waals surface area contributed by atoms with Gasteiger partial charge in [0, 0.05) is 10.6 Å². The van der Waals surface area contributed by atoms with Crippen molar-refractivity contribution in [3.05, 3.63) is 106 Å². The van der Waals surface area contributed by atoms with Gasteiger partial charge in [0.05, 0.1) is 13.0 Å². The number of methoxy groups -OCH3 is 1. The highest BCUT2D eigenvalue weighted by atomic mass is 16.6. The Morgan fingerprint density at radius 3 is 2.10 bits per heavy atom. The molecule has 0 fully saturated rings. The molecule has 0 aliphatic rings. The second kappa shape index (κ2) is 9.92. The molecule has 0 bridgehead atoms. The quantitative estimate of drug-likeness (QED) is 0.351. The smallest absolute Gasteiger partial charge is 0.243 e. The first-order chi connectivity index (χ1) is 14.5. The van der Waals surface area contributed by atoms with Crippen molar-refractivity contribution >= 4 is 5.69 Å². The van der Waals surface area contributed by atoms with Gasteiger partial charge in [0.15, 0.2) is 0 Å². The normalized spacial score (nSPS) is 13.8. The highest BCUT2D eigenvalue weighted by molar-refractivity contribution is 5.49. The van der Waals surface area contributed by atoms with Crippen LogP contribution >= 0.6 is 0 Å². The number of ether oxygens (including phenoxy) is 1. The third kappa shape index (κ3) is 4.98. The van der Waals surface area contributed by atoms with Crippen LogP contribution in [0.5, 0.6) is 5.75 Å². The molecule has 3 aromatic carbocycles. The van der Waals surface area contributed by atoms with Crippen molar-refractivity contribution in [1.82, 2.24) is 0 Å². The summed E-state index contributed by atoms with van der Waals surface area (Å²) in [5.74, 6) is 0.521. The van der Waals surface area contributed by atoms with E-state index in [1.165, 1.54) is 0 Å². The van der Waals surface area contributed by atoms with E-state index in [9.17, 15) is 10.1 Å². The molecule has 0 heterocycles. The Kier molecular flexibility index (Phi) is 7.07. The monoisotopic (exact) mass is 404 g/mol. The SMILES string of the molecule is CC[C@H](c1ccccc1)[C@@H]([C@@H](Nc1ccc(OC)cc1)c1ccc(C)cc1)[N+](=O)[O-]. The number of nitro groups is 1. The Morgan fingerprint density at radius 2 is 1.57 bits per heavy atom. The van der Waals surface area contributed by atoms with E-state index in [1.807, 2.05) is 92.7 Å². The average Bonchev–Trinajstić information content (AvgIpc) is 2.77. The first-order valence-electron chi connectivity index (χ1n) is 10.2. The number of hydrogen-bond donors (Lipinski definition) is 1. The molecule has 1 N–H and O–H groups in total. The second-order valence-corrected chi connectivity index (χ2v) is 7.46. The summed E-state index contributed by atoms with van der Waals surface area (Å²) in [7, 11) is 1.62. The van der Waals surface area contributed by atoms with Crippen LogP contribution in [-0.4, -0.2) is 18.1 Å². The molecule has 3 atom stereocenters. The number of benzene rings is 3. The molecule has 0 amide bonds. The molecule has 30 heavy (non-hydrogen) atoms. The molecule has 0 saturated carbocycles. The van der Waals surface area contributed by atoms with Crippen molar-refractivity contribution in [1.29, 1.82) is 0 Å². The lowest BCUT2D eigenvalue weighted by Gasteiger charge is -2.29. The molecular weight excluding hydrogens is 376 g/mol. The maximum atomic E-state index is 12.4. The van der Waals surface area contributed by atoms with Gasteiger partial charge in [0.1, 0.15) is 11.8 Å².